The average Bonchev–Trinajstić information content (AvgIpc) is 2.84. The maximum absolute atomic E-state index is 9.64. The van der Waals surface area contributed by atoms with Crippen LogP contribution in [-0.4, -0.2) is 27.8 Å². The van der Waals surface area contributed by atoms with Gasteiger partial charge in [-0.1, -0.05) is 6.07 Å². The summed E-state index contributed by atoms with van der Waals surface area (Å²) < 4.78 is 7.39. The molecule has 0 aliphatic rings. The molecular formula is C15H21N3O2. The van der Waals surface area contributed by atoms with Crippen LogP contribution in [0.3, 0.4) is 0 Å². The predicted octanol–water partition coefficient (Wildman–Crippen LogP) is 1.86. The molecule has 0 radical (unpaired) electrons. The molecule has 0 unspecified atom stereocenters. The highest BCUT2D eigenvalue weighted by molar-refractivity contribution is 5.41. The van der Waals surface area contributed by atoms with Crippen LogP contribution >= 0.6 is 0 Å². The Morgan fingerprint density at radius 2 is 2.25 bits per heavy atom. The number of aromatic hydroxyl groups is 1. The van der Waals surface area contributed by atoms with Crippen LogP contribution in [0.25, 0.3) is 0 Å². The summed E-state index contributed by atoms with van der Waals surface area (Å²) in [4.78, 5) is 4.28. The van der Waals surface area contributed by atoms with Gasteiger partial charge >= 0.3 is 0 Å². The van der Waals surface area contributed by atoms with Crippen LogP contribution in [0.15, 0.2) is 30.6 Å². The van der Waals surface area contributed by atoms with E-state index >= 15 is 0 Å². The molecule has 1 aromatic carbocycles. The van der Waals surface area contributed by atoms with Crippen molar-refractivity contribution in [2.45, 2.75) is 19.9 Å². The minimum Gasteiger partial charge on any atom is -0.504 e. The van der Waals surface area contributed by atoms with Gasteiger partial charge in [0, 0.05) is 39.0 Å². The van der Waals surface area contributed by atoms with Gasteiger partial charge in [-0.15, -0.1) is 0 Å². The number of phenolic OH excluding ortho intramolecular Hbond substituents is 1. The van der Waals surface area contributed by atoms with Gasteiger partial charge in [-0.3, -0.25) is 0 Å². The Labute approximate surface area is 119 Å². The van der Waals surface area contributed by atoms with Gasteiger partial charge in [0.25, 0.3) is 0 Å². The normalized spacial score (nSPS) is 10.7. The van der Waals surface area contributed by atoms with Crippen molar-refractivity contribution in [2.75, 3.05) is 13.2 Å². The second-order valence-electron chi connectivity index (χ2n) is 4.62. The molecule has 5 heteroatoms. The van der Waals surface area contributed by atoms with Crippen LogP contribution in [0.4, 0.5) is 0 Å². The van der Waals surface area contributed by atoms with Crippen molar-refractivity contribution in [3.8, 4) is 11.5 Å². The summed E-state index contributed by atoms with van der Waals surface area (Å²) in [6.07, 6.45) is 4.65. The molecule has 2 aromatic rings. The number of hydrogen-bond acceptors (Lipinski definition) is 4. The Kier molecular flexibility index (Phi) is 5.01. The lowest BCUT2D eigenvalue weighted by Crippen LogP contribution is -2.18. The number of rotatable bonds is 7. The van der Waals surface area contributed by atoms with Gasteiger partial charge in [0.15, 0.2) is 11.5 Å². The molecule has 0 saturated heterocycles. The standard InChI is InChI=1S/C15H21N3O2/c1-3-20-14-10-12(4-5-13(14)19)11-16-7-6-15-17-8-9-18(15)2/h4-5,8-10,16,19H,3,6-7,11H2,1-2H3. The summed E-state index contributed by atoms with van der Waals surface area (Å²) in [7, 11) is 2.00. The van der Waals surface area contributed by atoms with Gasteiger partial charge < -0.3 is 19.7 Å². The largest absolute Gasteiger partial charge is 0.504 e. The molecular weight excluding hydrogens is 254 g/mol. The van der Waals surface area contributed by atoms with Crippen LogP contribution in [0.5, 0.6) is 11.5 Å². The van der Waals surface area contributed by atoms with Gasteiger partial charge in [-0.2, -0.15) is 0 Å². The molecule has 5 nitrogen and oxygen atoms in total. The smallest absolute Gasteiger partial charge is 0.161 e. The molecule has 1 aromatic heterocycles. The van der Waals surface area contributed by atoms with Crippen molar-refractivity contribution >= 4 is 0 Å². The molecule has 0 amide bonds. The Balaban J connectivity index is 1.82. The van der Waals surface area contributed by atoms with Crippen molar-refractivity contribution in [1.29, 1.82) is 0 Å². The molecule has 0 aliphatic carbocycles. The number of aromatic nitrogens is 2. The summed E-state index contributed by atoms with van der Waals surface area (Å²) >= 11 is 0. The van der Waals surface area contributed by atoms with Crippen molar-refractivity contribution < 1.29 is 9.84 Å². The van der Waals surface area contributed by atoms with Crippen molar-refractivity contribution in [3.63, 3.8) is 0 Å². The maximum atomic E-state index is 9.64. The van der Waals surface area contributed by atoms with Crippen LogP contribution in [0.2, 0.25) is 0 Å². The first-order valence-electron chi connectivity index (χ1n) is 6.82. The first kappa shape index (κ1) is 14.4. The summed E-state index contributed by atoms with van der Waals surface area (Å²) in [5.74, 6) is 1.79. The number of nitrogens with zero attached hydrogens (tertiary/aromatic N) is 2. The van der Waals surface area contributed by atoms with Gasteiger partial charge in [-0.05, 0) is 24.6 Å². The topological polar surface area (TPSA) is 59.3 Å². The summed E-state index contributed by atoms with van der Waals surface area (Å²) in [6, 6.07) is 5.43. The monoisotopic (exact) mass is 275 g/mol. The fourth-order valence-electron chi connectivity index (χ4n) is 2.01. The summed E-state index contributed by atoms with van der Waals surface area (Å²) in [5, 5.41) is 13.0. The van der Waals surface area contributed by atoms with E-state index in [1.165, 1.54) is 0 Å². The zero-order valence-electron chi connectivity index (χ0n) is 12.0. The fraction of sp³-hybridized carbons (Fsp3) is 0.400. The second-order valence-corrected chi connectivity index (χ2v) is 4.62. The number of imidazole rings is 1. The minimum atomic E-state index is 0.184. The highest BCUT2D eigenvalue weighted by atomic mass is 16.5. The average molecular weight is 275 g/mol. The Hall–Kier alpha value is -2.01. The molecule has 1 heterocycles. The predicted molar refractivity (Wildman–Crippen MR) is 77.9 cm³/mol. The second kappa shape index (κ2) is 6.96. The van der Waals surface area contributed by atoms with E-state index in [4.69, 9.17) is 4.74 Å². The third-order valence-electron chi connectivity index (χ3n) is 3.10. The van der Waals surface area contributed by atoms with E-state index in [9.17, 15) is 5.11 Å². The van der Waals surface area contributed by atoms with E-state index in [0.717, 1.165) is 30.9 Å². The lowest BCUT2D eigenvalue weighted by Gasteiger charge is -2.09. The molecule has 0 bridgehead atoms. The number of phenols is 1. The number of nitrogens with one attached hydrogen (secondary N) is 1. The van der Waals surface area contributed by atoms with Gasteiger partial charge in [0.2, 0.25) is 0 Å². The van der Waals surface area contributed by atoms with E-state index in [0.29, 0.717) is 12.4 Å². The number of hydrogen-bond donors (Lipinski definition) is 2. The van der Waals surface area contributed by atoms with Crippen LogP contribution < -0.4 is 10.1 Å². The SMILES string of the molecule is CCOc1cc(CNCCc2nccn2C)ccc1O. The molecule has 0 aliphatic heterocycles. The van der Waals surface area contributed by atoms with Crippen LogP contribution in [0, 0.1) is 0 Å². The van der Waals surface area contributed by atoms with Crippen molar-refractivity contribution in [2.24, 2.45) is 7.05 Å². The van der Waals surface area contributed by atoms with Crippen molar-refractivity contribution in [3.05, 3.63) is 42.0 Å². The Bertz CT molecular complexity index is 552. The lowest BCUT2D eigenvalue weighted by molar-refractivity contribution is 0.317. The van der Waals surface area contributed by atoms with Crippen LogP contribution in [0.1, 0.15) is 18.3 Å². The molecule has 0 atom stereocenters. The quantitative estimate of drug-likeness (QED) is 0.757. The van der Waals surface area contributed by atoms with E-state index < -0.39 is 0 Å². The molecule has 2 rings (SSSR count). The van der Waals surface area contributed by atoms with E-state index in [-0.39, 0.29) is 5.75 Å². The molecule has 108 valence electrons. The van der Waals surface area contributed by atoms with Gasteiger partial charge in [0.1, 0.15) is 5.82 Å². The zero-order valence-corrected chi connectivity index (χ0v) is 12.0. The molecule has 2 N–H and O–H groups in total. The van der Waals surface area contributed by atoms with Crippen LogP contribution in [-0.2, 0) is 20.0 Å². The lowest BCUT2D eigenvalue weighted by atomic mass is 10.2. The number of ether oxygens (including phenoxy) is 1. The molecule has 20 heavy (non-hydrogen) atoms. The third kappa shape index (κ3) is 3.74. The highest BCUT2D eigenvalue weighted by Crippen LogP contribution is 2.26. The number of benzene rings is 1. The minimum absolute atomic E-state index is 0.184. The maximum Gasteiger partial charge on any atom is 0.161 e. The fourth-order valence-corrected chi connectivity index (χ4v) is 2.01. The van der Waals surface area contributed by atoms with E-state index in [2.05, 4.69) is 10.3 Å². The van der Waals surface area contributed by atoms with E-state index in [1.54, 1.807) is 6.07 Å². The molecule has 0 fully saturated rings. The molecule has 0 spiro atoms. The summed E-state index contributed by atoms with van der Waals surface area (Å²) in [6.45, 7) is 4.04. The van der Waals surface area contributed by atoms with Crippen molar-refractivity contribution in [1.82, 2.24) is 14.9 Å². The highest BCUT2D eigenvalue weighted by Gasteiger charge is 2.04. The molecule has 0 saturated carbocycles. The Morgan fingerprint density at radius 1 is 1.40 bits per heavy atom. The van der Waals surface area contributed by atoms with Gasteiger partial charge in [0.05, 0.1) is 6.61 Å². The zero-order chi connectivity index (χ0) is 14.4. The first-order valence-corrected chi connectivity index (χ1v) is 6.82. The number of aryl methyl sites for hydroxylation is 1. The third-order valence-corrected chi connectivity index (χ3v) is 3.10. The summed E-state index contributed by atoms with van der Waals surface area (Å²) in [5.41, 5.74) is 1.09. The first-order chi connectivity index (χ1) is 9.70. The Morgan fingerprint density at radius 3 is 2.95 bits per heavy atom. The van der Waals surface area contributed by atoms with Gasteiger partial charge in [-0.25, -0.2) is 4.98 Å². The van der Waals surface area contributed by atoms with E-state index in [1.807, 2.05) is 43.1 Å².